The van der Waals surface area contributed by atoms with Gasteiger partial charge in [-0.1, -0.05) is 25.1 Å². The molecule has 0 atom stereocenters. The predicted octanol–water partition coefficient (Wildman–Crippen LogP) is 1.81. The number of hydrogen-bond acceptors (Lipinski definition) is 3. The summed E-state index contributed by atoms with van der Waals surface area (Å²) in [5.74, 6) is 0. The Hall–Kier alpha value is -2.30. The molecule has 0 unspecified atom stereocenters. The second kappa shape index (κ2) is 6.04. The van der Waals surface area contributed by atoms with E-state index in [1.54, 1.807) is 6.21 Å². The Morgan fingerprint density at radius 2 is 2.11 bits per heavy atom. The Bertz CT molecular complexity index is 610. The predicted molar refractivity (Wildman–Crippen MR) is 77.0 cm³/mol. The van der Waals surface area contributed by atoms with E-state index in [1.165, 1.54) is 4.68 Å². The van der Waals surface area contributed by atoms with Crippen molar-refractivity contribution in [1.29, 1.82) is 0 Å². The highest BCUT2D eigenvalue weighted by molar-refractivity contribution is 5.80. The molecule has 2 N–H and O–H groups in total. The normalized spacial score (nSPS) is 11.1. The fourth-order valence-electron chi connectivity index (χ4n) is 1.76. The molecule has 1 aromatic carbocycles. The van der Waals surface area contributed by atoms with Gasteiger partial charge in [0.05, 0.1) is 17.5 Å². The van der Waals surface area contributed by atoms with E-state index >= 15 is 0 Å². The maximum Gasteiger partial charge on any atom is 0.280 e. The van der Waals surface area contributed by atoms with Crippen molar-refractivity contribution in [2.24, 2.45) is 5.10 Å². The van der Waals surface area contributed by atoms with Gasteiger partial charge in [0.15, 0.2) is 0 Å². The molecule has 0 saturated carbocycles. The second-order valence-electron chi connectivity index (χ2n) is 4.29. The molecule has 1 heterocycles. The SMILES string of the molecule is CCCN/N=C\c1c(C)[nH]n(-c2ccccc2)c1=O. The number of para-hydroxylation sites is 1. The van der Waals surface area contributed by atoms with Crippen LogP contribution in [0.4, 0.5) is 0 Å². The summed E-state index contributed by atoms with van der Waals surface area (Å²) in [4.78, 5) is 12.3. The molecule has 0 aliphatic heterocycles. The summed E-state index contributed by atoms with van der Waals surface area (Å²) in [5.41, 5.74) is 5.00. The van der Waals surface area contributed by atoms with Crippen molar-refractivity contribution in [2.45, 2.75) is 20.3 Å². The van der Waals surface area contributed by atoms with Crippen LogP contribution in [-0.2, 0) is 0 Å². The third-order valence-electron chi connectivity index (χ3n) is 2.78. The first-order valence-corrected chi connectivity index (χ1v) is 6.37. The number of aromatic amines is 1. The van der Waals surface area contributed by atoms with Crippen LogP contribution in [-0.4, -0.2) is 22.5 Å². The number of H-pyrrole nitrogens is 1. The van der Waals surface area contributed by atoms with E-state index in [2.05, 4.69) is 22.5 Å². The summed E-state index contributed by atoms with van der Waals surface area (Å²) in [6, 6.07) is 9.48. The summed E-state index contributed by atoms with van der Waals surface area (Å²) in [6.45, 7) is 4.72. The largest absolute Gasteiger partial charge is 0.310 e. The van der Waals surface area contributed by atoms with Crippen LogP contribution in [0, 0.1) is 6.92 Å². The van der Waals surface area contributed by atoms with E-state index in [1.807, 2.05) is 37.3 Å². The standard InChI is InChI=1S/C14H18N4O/c1-3-9-15-16-10-13-11(2)17-18(14(13)19)12-7-5-4-6-8-12/h4-8,10,15,17H,3,9H2,1-2H3/b16-10-. The van der Waals surface area contributed by atoms with E-state index in [-0.39, 0.29) is 5.56 Å². The zero-order valence-corrected chi connectivity index (χ0v) is 11.2. The summed E-state index contributed by atoms with van der Waals surface area (Å²) in [6.07, 6.45) is 2.57. The maximum atomic E-state index is 12.3. The first kappa shape index (κ1) is 13.1. The van der Waals surface area contributed by atoms with Gasteiger partial charge < -0.3 is 5.43 Å². The fourth-order valence-corrected chi connectivity index (χ4v) is 1.76. The van der Waals surface area contributed by atoms with Gasteiger partial charge in [-0.05, 0) is 25.5 Å². The number of benzene rings is 1. The number of aromatic nitrogens is 2. The Kier molecular flexibility index (Phi) is 4.18. The zero-order valence-electron chi connectivity index (χ0n) is 11.2. The highest BCUT2D eigenvalue weighted by Crippen LogP contribution is 2.05. The molecule has 0 aliphatic rings. The molecule has 0 radical (unpaired) electrons. The molecule has 0 spiro atoms. The lowest BCUT2D eigenvalue weighted by molar-refractivity contribution is 0.719. The molecule has 0 bridgehead atoms. The maximum absolute atomic E-state index is 12.3. The Balaban J connectivity index is 2.30. The highest BCUT2D eigenvalue weighted by Gasteiger charge is 2.09. The Morgan fingerprint density at radius 1 is 1.37 bits per heavy atom. The molecule has 0 aliphatic carbocycles. The third kappa shape index (κ3) is 2.93. The molecular weight excluding hydrogens is 240 g/mol. The van der Waals surface area contributed by atoms with Crippen LogP contribution in [0.15, 0.2) is 40.2 Å². The fraction of sp³-hybridized carbons (Fsp3) is 0.286. The van der Waals surface area contributed by atoms with Gasteiger partial charge in [0.2, 0.25) is 0 Å². The quantitative estimate of drug-likeness (QED) is 0.488. The highest BCUT2D eigenvalue weighted by atomic mass is 16.1. The van der Waals surface area contributed by atoms with E-state index in [4.69, 9.17) is 0 Å². The van der Waals surface area contributed by atoms with Gasteiger partial charge in [0.25, 0.3) is 5.56 Å². The molecule has 100 valence electrons. The number of hydrogen-bond donors (Lipinski definition) is 2. The minimum absolute atomic E-state index is 0.0919. The van der Waals surface area contributed by atoms with Gasteiger partial charge in [-0.3, -0.25) is 9.89 Å². The van der Waals surface area contributed by atoms with Crippen molar-refractivity contribution in [2.75, 3.05) is 6.54 Å². The lowest BCUT2D eigenvalue weighted by Crippen LogP contribution is -2.17. The molecule has 0 fully saturated rings. The lowest BCUT2D eigenvalue weighted by atomic mass is 10.3. The van der Waals surface area contributed by atoms with Gasteiger partial charge >= 0.3 is 0 Å². The average Bonchev–Trinajstić information content (AvgIpc) is 2.72. The van der Waals surface area contributed by atoms with Crippen molar-refractivity contribution in [3.05, 3.63) is 51.9 Å². The molecule has 2 aromatic rings. The molecule has 2 rings (SSSR count). The number of hydrazone groups is 1. The van der Waals surface area contributed by atoms with Crippen LogP contribution in [0.25, 0.3) is 5.69 Å². The van der Waals surface area contributed by atoms with Crippen LogP contribution >= 0.6 is 0 Å². The third-order valence-corrected chi connectivity index (χ3v) is 2.78. The molecule has 5 heteroatoms. The molecule has 0 saturated heterocycles. The van der Waals surface area contributed by atoms with Crippen molar-refractivity contribution in [3.63, 3.8) is 0 Å². The topological polar surface area (TPSA) is 62.2 Å². The van der Waals surface area contributed by atoms with Gasteiger partial charge in [-0.25, -0.2) is 4.68 Å². The van der Waals surface area contributed by atoms with Gasteiger partial charge in [0.1, 0.15) is 0 Å². The Morgan fingerprint density at radius 3 is 2.79 bits per heavy atom. The summed E-state index contributed by atoms with van der Waals surface area (Å²) in [5, 5.41) is 7.11. The number of aryl methyl sites for hydroxylation is 1. The van der Waals surface area contributed by atoms with Crippen LogP contribution in [0.2, 0.25) is 0 Å². The van der Waals surface area contributed by atoms with Crippen molar-refractivity contribution in [1.82, 2.24) is 15.2 Å². The zero-order chi connectivity index (χ0) is 13.7. The minimum atomic E-state index is -0.0919. The summed E-state index contributed by atoms with van der Waals surface area (Å²) < 4.78 is 1.52. The molecule has 19 heavy (non-hydrogen) atoms. The van der Waals surface area contributed by atoms with Crippen LogP contribution in [0.1, 0.15) is 24.6 Å². The molecular formula is C14H18N4O. The second-order valence-corrected chi connectivity index (χ2v) is 4.29. The minimum Gasteiger partial charge on any atom is -0.310 e. The van der Waals surface area contributed by atoms with Gasteiger partial charge in [0, 0.05) is 12.2 Å². The average molecular weight is 258 g/mol. The Labute approximate surface area is 111 Å². The lowest BCUT2D eigenvalue weighted by Gasteiger charge is -1.99. The number of nitrogens with zero attached hydrogens (tertiary/aromatic N) is 2. The van der Waals surface area contributed by atoms with Gasteiger partial charge in [-0.15, -0.1) is 0 Å². The van der Waals surface area contributed by atoms with Crippen molar-refractivity contribution in [3.8, 4) is 5.69 Å². The van der Waals surface area contributed by atoms with Crippen LogP contribution in [0.3, 0.4) is 0 Å². The van der Waals surface area contributed by atoms with Crippen LogP contribution < -0.4 is 11.0 Å². The molecule has 1 aromatic heterocycles. The molecule has 5 nitrogen and oxygen atoms in total. The van der Waals surface area contributed by atoms with Crippen molar-refractivity contribution < 1.29 is 0 Å². The van der Waals surface area contributed by atoms with Crippen LogP contribution in [0.5, 0.6) is 0 Å². The van der Waals surface area contributed by atoms with E-state index in [0.29, 0.717) is 5.56 Å². The van der Waals surface area contributed by atoms with E-state index in [9.17, 15) is 4.79 Å². The first-order chi connectivity index (χ1) is 9.24. The first-order valence-electron chi connectivity index (χ1n) is 6.37. The molecule has 0 amide bonds. The monoisotopic (exact) mass is 258 g/mol. The number of nitrogens with one attached hydrogen (secondary N) is 2. The summed E-state index contributed by atoms with van der Waals surface area (Å²) in [7, 11) is 0. The number of rotatable bonds is 5. The van der Waals surface area contributed by atoms with E-state index < -0.39 is 0 Å². The van der Waals surface area contributed by atoms with Gasteiger partial charge in [-0.2, -0.15) is 5.10 Å². The summed E-state index contributed by atoms with van der Waals surface area (Å²) >= 11 is 0. The van der Waals surface area contributed by atoms with Crippen molar-refractivity contribution >= 4 is 6.21 Å². The van der Waals surface area contributed by atoms with E-state index in [0.717, 1.165) is 24.3 Å². The smallest absolute Gasteiger partial charge is 0.280 e.